The van der Waals surface area contributed by atoms with Crippen LogP contribution in [0, 0.1) is 0 Å². The van der Waals surface area contributed by atoms with Crippen molar-refractivity contribution in [1.82, 2.24) is 29.5 Å². The van der Waals surface area contributed by atoms with E-state index in [1.807, 2.05) is 34.9 Å². The van der Waals surface area contributed by atoms with Crippen molar-refractivity contribution in [1.29, 1.82) is 0 Å². The van der Waals surface area contributed by atoms with E-state index in [4.69, 9.17) is 9.72 Å². The Morgan fingerprint density at radius 1 is 1.05 bits per heavy atom. The summed E-state index contributed by atoms with van der Waals surface area (Å²) in [7, 11) is 1.78. The van der Waals surface area contributed by atoms with Crippen LogP contribution in [0.1, 0.15) is 37.2 Å². The normalized spacial score (nSPS) is 15.7. The van der Waals surface area contributed by atoms with E-state index in [2.05, 4.69) is 40.6 Å². The Labute approximate surface area is 228 Å². The molecule has 0 unspecified atom stereocenters. The van der Waals surface area contributed by atoms with E-state index in [-0.39, 0.29) is 18.4 Å². The van der Waals surface area contributed by atoms with E-state index in [1.54, 1.807) is 22.7 Å². The summed E-state index contributed by atoms with van der Waals surface area (Å²) in [6, 6.07) is 12.0. The highest BCUT2D eigenvalue weighted by Crippen LogP contribution is 2.34. The molecule has 1 fully saturated rings. The van der Waals surface area contributed by atoms with Crippen molar-refractivity contribution in [2.45, 2.75) is 26.7 Å². The van der Waals surface area contributed by atoms with Gasteiger partial charge in [0, 0.05) is 58.1 Å². The lowest BCUT2D eigenvalue weighted by Crippen LogP contribution is -2.50. The van der Waals surface area contributed by atoms with Gasteiger partial charge in [-0.05, 0) is 25.0 Å². The Balaban J connectivity index is 1.25. The third-order valence-electron chi connectivity index (χ3n) is 7.11. The van der Waals surface area contributed by atoms with Crippen LogP contribution in [0.3, 0.4) is 0 Å². The summed E-state index contributed by atoms with van der Waals surface area (Å²) in [6.07, 6.45) is 1.71. The molecule has 5 rings (SSSR count). The largest absolute Gasteiger partial charge is 0.466 e. The summed E-state index contributed by atoms with van der Waals surface area (Å²) < 4.78 is 7.42. The smallest absolute Gasteiger partial charge is 0.279 e. The average Bonchev–Trinajstić information content (AvgIpc) is 3.56. The number of aromatic amines is 1. The monoisotopic (exact) mass is 532 g/mol. The summed E-state index contributed by atoms with van der Waals surface area (Å²) in [5.41, 5.74) is 2.26. The van der Waals surface area contributed by atoms with Gasteiger partial charge in [0.2, 0.25) is 5.88 Å². The van der Waals surface area contributed by atoms with Gasteiger partial charge in [-0.2, -0.15) is 0 Å². The van der Waals surface area contributed by atoms with Crippen LogP contribution in [-0.4, -0.2) is 87.2 Å². The van der Waals surface area contributed by atoms with Crippen LogP contribution in [0.4, 0.5) is 11.5 Å². The van der Waals surface area contributed by atoms with E-state index in [0.717, 1.165) is 25.9 Å². The van der Waals surface area contributed by atoms with Crippen molar-refractivity contribution in [3.8, 4) is 17.4 Å². The summed E-state index contributed by atoms with van der Waals surface area (Å²) >= 11 is 0. The van der Waals surface area contributed by atoms with E-state index >= 15 is 0 Å². The van der Waals surface area contributed by atoms with Gasteiger partial charge in [-0.25, -0.2) is 4.98 Å². The van der Waals surface area contributed by atoms with Crippen molar-refractivity contribution in [2.24, 2.45) is 7.05 Å². The molecule has 0 spiro atoms. The number of ether oxygens (including phenoxy) is 1. The number of nitrogens with one attached hydrogen (secondary N) is 1. The molecule has 0 aliphatic carbocycles. The number of aromatic nitrogens is 4. The molecule has 0 saturated carbocycles. The summed E-state index contributed by atoms with van der Waals surface area (Å²) in [6.45, 7) is 12.3. The van der Waals surface area contributed by atoms with Gasteiger partial charge in [-0.3, -0.25) is 19.2 Å². The highest BCUT2D eigenvalue weighted by Gasteiger charge is 2.35. The number of piperazine rings is 1. The van der Waals surface area contributed by atoms with Crippen molar-refractivity contribution >= 4 is 23.3 Å². The Kier molecular flexibility index (Phi) is 7.58. The second-order valence-corrected chi connectivity index (χ2v) is 9.79. The van der Waals surface area contributed by atoms with E-state index in [9.17, 15) is 9.59 Å². The fraction of sp³-hybridized carbons (Fsp3) is 0.429. The molecule has 4 heterocycles. The van der Waals surface area contributed by atoms with Gasteiger partial charge >= 0.3 is 0 Å². The fourth-order valence-electron chi connectivity index (χ4n) is 5.08. The highest BCUT2D eigenvalue weighted by atomic mass is 16.5. The number of rotatable bonds is 9. The molecule has 2 aromatic heterocycles. The van der Waals surface area contributed by atoms with Gasteiger partial charge in [0.15, 0.2) is 18.2 Å². The number of hydrogen-bond donors (Lipinski definition) is 1. The van der Waals surface area contributed by atoms with Crippen LogP contribution in [0.5, 0.6) is 5.88 Å². The second kappa shape index (κ2) is 11.2. The first-order valence-corrected chi connectivity index (χ1v) is 13.5. The Morgan fingerprint density at radius 2 is 1.74 bits per heavy atom. The second-order valence-electron chi connectivity index (χ2n) is 9.79. The molecule has 0 bridgehead atoms. The quantitative estimate of drug-likeness (QED) is 0.452. The number of aryl methyl sites for hydroxylation is 1. The Hall–Kier alpha value is -4.28. The number of carbonyl (C=O) groups is 2. The molecule has 0 radical (unpaired) electrons. The summed E-state index contributed by atoms with van der Waals surface area (Å²) in [4.78, 5) is 41.8. The third kappa shape index (κ3) is 5.21. The molecule has 1 N–H and O–H groups in total. The average molecular weight is 533 g/mol. The molecule has 2 aliphatic heterocycles. The number of amides is 2. The molecular weight excluding hydrogens is 496 g/mol. The highest BCUT2D eigenvalue weighted by molar-refractivity contribution is 6.01. The van der Waals surface area contributed by atoms with Gasteiger partial charge < -0.3 is 24.4 Å². The standard InChI is InChI=1S/C28H36N8O3/c1-5-12-35-20(3)36(13-6-2)28(38)25-27(35)30-26(29-25)22-18-23(31-32(22)4)39-19-24(37)34-16-14-33(15-17-34)21-10-8-7-9-11-21/h7-11,18H,3,5-6,12-17,19H2,1-2,4H3,(H,29,30). The number of H-pyrrole nitrogens is 1. The number of para-hydroxylation sites is 1. The maximum atomic E-state index is 13.2. The van der Waals surface area contributed by atoms with Crippen LogP contribution >= 0.6 is 0 Å². The molecule has 206 valence electrons. The van der Waals surface area contributed by atoms with E-state index in [1.165, 1.54) is 5.69 Å². The fourth-order valence-corrected chi connectivity index (χ4v) is 5.08. The molecule has 0 atom stereocenters. The zero-order chi connectivity index (χ0) is 27.5. The molecule has 11 nitrogen and oxygen atoms in total. The van der Waals surface area contributed by atoms with Crippen LogP contribution in [0.2, 0.25) is 0 Å². The molecule has 2 aliphatic rings. The lowest BCUT2D eigenvalue weighted by atomic mass is 10.2. The van der Waals surface area contributed by atoms with Crippen molar-refractivity contribution in [2.75, 3.05) is 55.7 Å². The number of benzene rings is 1. The van der Waals surface area contributed by atoms with Crippen molar-refractivity contribution < 1.29 is 14.3 Å². The Morgan fingerprint density at radius 3 is 2.44 bits per heavy atom. The summed E-state index contributed by atoms with van der Waals surface area (Å²) in [5, 5.41) is 4.42. The molecule has 39 heavy (non-hydrogen) atoms. The predicted octanol–water partition coefficient (Wildman–Crippen LogP) is 3.09. The SMILES string of the molecule is C=C1N(CCC)C(=O)c2[nH]c(-c3cc(OCC(=O)N4CCN(c5ccccc5)CC4)nn3C)nc2N1CCC. The van der Waals surface area contributed by atoms with Crippen LogP contribution in [-0.2, 0) is 11.8 Å². The number of hydrogen-bond acceptors (Lipinski definition) is 7. The van der Waals surface area contributed by atoms with Gasteiger partial charge in [-0.1, -0.05) is 38.6 Å². The van der Waals surface area contributed by atoms with E-state index < -0.39 is 0 Å². The molecular formula is C28H36N8O3. The summed E-state index contributed by atoms with van der Waals surface area (Å²) in [5.74, 6) is 1.84. The van der Waals surface area contributed by atoms with Crippen LogP contribution < -0.4 is 14.5 Å². The first kappa shape index (κ1) is 26.3. The minimum atomic E-state index is -0.139. The Bertz CT molecular complexity index is 1340. The molecule has 1 saturated heterocycles. The maximum Gasteiger partial charge on any atom is 0.279 e. The molecule has 2 amide bonds. The minimum absolute atomic E-state index is 0.0706. The first-order valence-electron chi connectivity index (χ1n) is 13.5. The lowest BCUT2D eigenvalue weighted by molar-refractivity contribution is -0.133. The zero-order valence-corrected chi connectivity index (χ0v) is 22.9. The van der Waals surface area contributed by atoms with Gasteiger partial charge in [-0.15, -0.1) is 5.10 Å². The minimum Gasteiger partial charge on any atom is -0.466 e. The topological polar surface area (TPSA) is 103 Å². The molecule has 3 aromatic rings. The van der Waals surface area contributed by atoms with Gasteiger partial charge in [0.05, 0.1) is 0 Å². The number of fused-ring (bicyclic) bond motifs is 1. The third-order valence-corrected chi connectivity index (χ3v) is 7.11. The number of carbonyl (C=O) groups excluding carboxylic acids is 2. The van der Waals surface area contributed by atoms with Gasteiger partial charge in [0.1, 0.15) is 17.2 Å². The molecule has 1 aromatic carbocycles. The maximum absolute atomic E-state index is 13.2. The van der Waals surface area contributed by atoms with Gasteiger partial charge in [0.25, 0.3) is 11.8 Å². The number of nitrogens with zero attached hydrogens (tertiary/aromatic N) is 7. The number of anilines is 2. The van der Waals surface area contributed by atoms with Crippen LogP contribution in [0.25, 0.3) is 11.5 Å². The number of imidazole rings is 1. The lowest BCUT2D eigenvalue weighted by Gasteiger charge is -2.36. The van der Waals surface area contributed by atoms with Crippen molar-refractivity contribution in [3.05, 3.63) is 54.5 Å². The van der Waals surface area contributed by atoms with Crippen molar-refractivity contribution in [3.63, 3.8) is 0 Å². The van der Waals surface area contributed by atoms with E-state index in [0.29, 0.717) is 60.9 Å². The first-order chi connectivity index (χ1) is 18.9. The predicted molar refractivity (Wildman–Crippen MR) is 150 cm³/mol. The van der Waals surface area contributed by atoms with Crippen LogP contribution in [0.15, 0.2) is 48.8 Å². The zero-order valence-electron chi connectivity index (χ0n) is 22.9. The molecule has 11 heteroatoms.